The second kappa shape index (κ2) is 7.47. The first-order valence-corrected chi connectivity index (χ1v) is 9.31. The summed E-state index contributed by atoms with van der Waals surface area (Å²) in [7, 11) is 0. The van der Waals surface area contributed by atoms with Gasteiger partial charge in [-0.15, -0.1) is 11.3 Å². The van der Waals surface area contributed by atoms with Gasteiger partial charge in [-0.3, -0.25) is 4.79 Å². The van der Waals surface area contributed by atoms with E-state index >= 15 is 0 Å². The van der Waals surface area contributed by atoms with E-state index in [0.29, 0.717) is 5.02 Å². The molecule has 3 rings (SSSR count). The Morgan fingerprint density at radius 2 is 2.00 bits per heavy atom. The molecule has 1 aromatic heterocycles. The molecule has 0 aliphatic heterocycles. The van der Waals surface area contributed by atoms with Gasteiger partial charge in [-0.1, -0.05) is 37.6 Å². The third-order valence-corrected chi connectivity index (χ3v) is 5.11. The van der Waals surface area contributed by atoms with Crippen molar-refractivity contribution < 1.29 is 4.79 Å². The van der Waals surface area contributed by atoms with Crippen molar-refractivity contribution in [3.05, 3.63) is 47.5 Å². The molecule has 0 spiro atoms. The Hall–Kier alpha value is -2.02. The van der Waals surface area contributed by atoms with Crippen LogP contribution >= 0.6 is 35.2 Å². The number of amides is 1. The summed E-state index contributed by atoms with van der Waals surface area (Å²) in [6, 6.07) is 13.4. The van der Waals surface area contributed by atoms with Gasteiger partial charge < -0.3 is 10.6 Å². The number of fused-ring (bicyclic) bond motifs is 1. The largest absolute Gasteiger partial charge is 0.332 e. The number of nitrogens with zero attached hydrogens (tertiary/aromatic N) is 1. The fourth-order valence-electron chi connectivity index (χ4n) is 2.17. The maximum Gasteiger partial charge on any atom is 0.228 e. The van der Waals surface area contributed by atoms with Gasteiger partial charge in [0.25, 0.3) is 0 Å². The smallest absolute Gasteiger partial charge is 0.228 e. The predicted molar refractivity (Wildman–Crippen MR) is 109 cm³/mol. The maximum atomic E-state index is 11.7. The third kappa shape index (κ3) is 4.15. The number of thiocarbonyl (C=S) groups is 1. The average Bonchev–Trinajstić information content (AvgIpc) is 3.00. The Kier molecular flexibility index (Phi) is 5.32. The van der Waals surface area contributed by atoms with Gasteiger partial charge in [0.05, 0.1) is 15.2 Å². The second-order valence-electron chi connectivity index (χ2n) is 5.78. The minimum absolute atomic E-state index is 0.127. The highest BCUT2D eigenvalue weighted by Crippen LogP contribution is 2.35. The molecule has 128 valence electrons. The minimum Gasteiger partial charge on any atom is -0.332 e. The van der Waals surface area contributed by atoms with E-state index in [0.717, 1.165) is 26.5 Å². The lowest BCUT2D eigenvalue weighted by molar-refractivity contribution is -0.122. The Morgan fingerprint density at radius 1 is 1.24 bits per heavy atom. The summed E-state index contributed by atoms with van der Waals surface area (Å²) in [5.74, 6) is -0.263. The van der Waals surface area contributed by atoms with Crippen LogP contribution < -0.4 is 10.6 Å². The quantitative estimate of drug-likeness (QED) is 0.613. The van der Waals surface area contributed by atoms with Crippen molar-refractivity contribution in [1.82, 2.24) is 10.3 Å². The SMILES string of the molecule is CC(C)C(=O)NC(=S)Nc1ccc(Cl)c(-c2nc3ccccc3s2)c1. The average molecular weight is 390 g/mol. The topological polar surface area (TPSA) is 54.0 Å². The molecule has 7 heteroatoms. The Balaban J connectivity index is 1.85. The lowest BCUT2D eigenvalue weighted by atomic mass is 10.2. The lowest BCUT2D eigenvalue weighted by Gasteiger charge is -2.12. The van der Waals surface area contributed by atoms with Gasteiger partial charge in [0, 0.05) is 17.2 Å². The van der Waals surface area contributed by atoms with Crippen LogP contribution in [-0.4, -0.2) is 16.0 Å². The van der Waals surface area contributed by atoms with E-state index in [1.807, 2.05) is 50.2 Å². The van der Waals surface area contributed by atoms with Crippen molar-refractivity contribution in [3.8, 4) is 10.6 Å². The summed E-state index contributed by atoms with van der Waals surface area (Å²) >= 11 is 13.1. The molecule has 2 N–H and O–H groups in total. The van der Waals surface area contributed by atoms with Crippen LogP contribution in [0.25, 0.3) is 20.8 Å². The number of anilines is 1. The summed E-state index contributed by atoms with van der Waals surface area (Å²) in [6.45, 7) is 3.62. The molecule has 0 unspecified atom stereocenters. The van der Waals surface area contributed by atoms with Gasteiger partial charge in [0.15, 0.2) is 5.11 Å². The zero-order valence-corrected chi connectivity index (χ0v) is 16.1. The van der Waals surface area contributed by atoms with Crippen molar-refractivity contribution in [2.45, 2.75) is 13.8 Å². The number of benzene rings is 2. The van der Waals surface area contributed by atoms with E-state index in [1.54, 1.807) is 17.4 Å². The lowest BCUT2D eigenvalue weighted by Crippen LogP contribution is -2.36. The molecule has 0 saturated carbocycles. The molecule has 3 aromatic rings. The monoisotopic (exact) mass is 389 g/mol. The van der Waals surface area contributed by atoms with Crippen LogP contribution in [0.2, 0.25) is 5.02 Å². The number of carbonyl (C=O) groups is 1. The van der Waals surface area contributed by atoms with Gasteiger partial charge in [-0.05, 0) is 42.5 Å². The van der Waals surface area contributed by atoms with E-state index in [1.165, 1.54) is 0 Å². The molecule has 1 heterocycles. The molecule has 0 bridgehead atoms. The van der Waals surface area contributed by atoms with Crippen molar-refractivity contribution in [2.24, 2.45) is 5.92 Å². The molecule has 0 aliphatic carbocycles. The molecule has 1 amide bonds. The first-order valence-electron chi connectivity index (χ1n) is 7.71. The molecule has 0 radical (unpaired) electrons. The molecule has 2 aromatic carbocycles. The Morgan fingerprint density at radius 3 is 2.72 bits per heavy atom. The zero-order valence-electron chi connectivity index (χ0n) is 13.7. The number of para-hydroxylation sites is 1. The van der Waals surface area contributed by atoms with Crippen LogP contribution in [0.5, 0.6) is 0 Å². The fourth-order valence-corrected chi connectivity index (χ4v) is 3.65. The Bertz CT molecular complexity index is 919. The van der Waals surface area contributed by atoms with Gasteiger partial charge >= 0.3 is 0 Å². The van der Waals surface area contributed by atoms with Gasteiger partial charge in [-0.2, -0.15) is 0 Å². The number of halogens is 1. The Labute approximate surface area is 160 Å². The van der Waals surface area contributed by atoms with Crippen LogP contribution in [0, 0.1) is 5.92 Å². The molecular weight excluding hydrogens is 374 g/mol. The number of thiazole rings is 1. The number of hydrogen-bond acceptors (Lipinski definition) is 4. The van der Waals surface area contributed by atoms with E-state index in [4.69, 9.17) is 23.8 Å². The van der Waals surface area contributed by atoms with Gasteiger partial charge in [-0.25, -0.2) is 4.98 Å². The summed E-state index contributed by atoms with van der Waals surface area (Å²) in [6.07, 6.45) is 0. The summed E-state index contributed by atoms with van der Waals surface area (Å²) in [4.78, 5) is 16.4. The molecule has 0 saturated heterocycles. The maximum absolute atomic E-state index is 11.7. The molecule has 0 fully saturated rings. The van der Waals surface area contributed by atoms with Crippen LogP contribution in [-0.2, 0) is 4.79 Å². The van der Waals surface area contributed by atoms with Crippen LogP contribution in [0.4, 0.5) is 5.69 Å². The third-order valence-electron chi connectivity index (χ3n) is 3.51. The molecule has 0 atom stereocenters. The predicted octanol–water partition coefficient (Wildman–Crippen LogP) is 5.09. The zero-order chi connectivity index (χ0) is 18.0. The van der Waals surface area contributed by atoms with E-state index < -0.39 is 0 Å². The number of rotatable bonds is 3. The molecule has 25 heavy (non-hydrogen) atoms. The highest BCUT2D eigenvalue weighted by atomic mass is 35.5. The second-order valence-corrected chi connectivity index (χ2v) is 7.63. The van der Waals surface area contributed by atoms with E-state index in [-0.39, 0.29) is 16.9 Å². The normalized spacial score (nSPS) is 10.9. The van der Waals surface area contributed by atoms with Crippen molar-refractivity contribution in [3.63, 3.8) is 0 Å². The highest BCUT2D eigenvalue weighted by Gasteiger charge is 2.12. The number of carbonyl (C=O) groups excluding carboxylic acids is 1. The van der Waals surface area contributed by atoms with Crippen LogP contribution in [0.15, 0.2) is 42.5 Å². The number of aromatic nitrogens is 1. The fraction of sp³-hybridized carbons (Fsp3) is 0.167. The van der Waals surface area contributed by atoms with Crippen LogP contribution in [0.1, 0.15) is 13.8 Å². The highest BCUT2D eigenvalue weighted by molar-refractivity contribution is 7.80. The van der Waals surface area contributed by atoms with Gasteiger partial charge in [0.2, 0.25) is 5.91 Å². The van der Waals surface area contributed by atoms with Gasteiger partial charge in [0.1, 0.15) is 5.01 Å². The first-order chi connectivity index (χ1) is 11.9. The number of nitrogens with one attached hydrogen (secondary N) is 2. The summed E-state index contributed by atoms with van der Waals surface area (Å²) in [5.41, 5.74) is 2.51. The van der Waals surface area contributed by atoms with Crippen LogP contribution in [0.3, 0.4) is 0 Å². The molecular formula is C18H16ClN3OS2. The molecule has 4 nitrogen and oxygen atoms in total. The number of hydrogen-bond donors (Lipinski definition) is 2. The summed E-state index contributed by atoms with van der Waals surface area (Å²) in [5, 5.41) is 7.39. The van der Waals surface area contributed by atoms with E-state index in [2.05, 4.69) is 15.6 Å². The first kappa shape index (κ1) is 17.8. The van der Waals surface area contributed by atoms with Crippen molar-refractivity contribution in [2.75, 3.05) is 5.32 Å². The van der Waals surface area contributed by atoms with Crippen molar-refractivity contribution >= 4 is 62.1 Å². The van der Waals surface area contributed by atoms with Crippen molar-refractivity contribution in [1.29, 1.82) is 0 Å². The molecule has 0 aliphatic rings. The summed E-state index contributed by atoms with van der Waals surface area (Å²) < 4.78 is 1.10. The standard InChI is InChI=1S/C18H16ClN3OS2/c1-10(2)16(23)22-18(24)20-11-7-8-13(19)12(9-11)17-21-14-5-3-4-6-15(14)25-17/h3-10H,1-2H3,(H2,20,22,23,24). The van der Waals surface area contributed by atoms with E-state index in [9.17, 15) is 4.79 Å². The minimum atomic E-state index is -0.136.